The third kappa shape index (κ3) is 5.47. The van der Waals surface area contributed by atoms with Gasteiger partial charge in [0.1, 0.15) is 6.61 Å². The summed E-state index contributed by atoms with van der Waals surface area (Å²) in [5.41, 5.74) is 0.550. The van der Waals surface area contributed by atoms with Crippen molar-refractivity contribution in [1.82, 2.24) is 9.80 Å². The van der Waals surface area contributed by atoms with Crippen molar-refractivity contribution in [2.75, 3.05) is 39.9 Å². The summed E-state index contributed by atoms with van der Waals surface area (Å²) < 4.78 is 10.8. The van der Waals surface area contributed by atoms with E-state index in [1.165, 1.54) is 7.11 Å². The molecule has 0 aliphatic carbocycles. The summed E-state index contributed by atoms with van der Waals surface area (Å²) in [7, 11) is 1.54. The van der Waals surface area contributed by atoms with E-state index in [1.54, 1.807) is 24.3 Å². The number of carboxylic acids is 1. The van der Waals surface area contributed by atoms with Gasteiger partial charge in [-0.1, -0.05) is 19.6 Å². The van der Waals surface area contributed by atoms with E-state index >= 15 is 0 Å². The van der Waals surface area contributed by atoms with Crippen molar-refractivity contribution in [3.8, 4) is 11.5 Å². The van der Waals surface area contributed by atoms with Crippen molar-refractivity contribution in [1.29, 1.82) is 0 Å². The molecule has 1 amide bonds. The van der Waals surface area contributed by atoms with Crippen LogP contribution in [0.25, 0.3) is 0 Å². The van der Waals surface area contributed by atoms with Crippen molar-refractivity contribution in [3.05, 3.63) is 36.4 Å². The van der Waals surface area contributed by atoms with Gasteiger partial charge in [-0.3, -0.25) is 14.5 Å². The molecular weight excluding hydrogens is 348 g/mol. The number of amides is 1. The van der Waals surface area contributed by atoms with Crippen LogP contribution in [0.3, 0.4) is 0 Å². The number of rotatable bonds is 9. The summed E-state index contributed by atoms with van der Waals surface area (Å²) >= 11 is 0. The number of carbonyl (C=O) groups excluding carboxylic acids is 1. The fourth-order valence-electron chi connectivity index (χ4n) is 3.36. The molecule has 0 bridgehead atoms. The third-order valence-electron chi connectivity index (χ3n) is 4.78. The molecule has 0 radical (unpaired) electrons. The minimum atomic E-state index is -0.818. The Morgan fingerprint density at radius 3 is 2.59 bits per heavy atom. The van der Waals surface area contributed by atoms with Crippen LogP contribution in [0.2, 0.25) is 0 Å². The SMILES string of the molecule is C=CCOc1ccc(C(=O)N2CCC(N(CC)CC(=O)O)CC2)cc1OC. The number of carboxylic acid groups (broad SMARTS) is 1. The lowest BCUT2D eigenvalue weighted by atomic mass is 10.0. The number of carbonyl (C=O) groups is 2. The highest BCUT2D eigenvalue weighted by Crippen LogP contribution is 2.29. The largest absolute Gasteiger partial charge is 0.493 e. The molecule has 1 saturated heterocycles. The molecule has 1 fully saturated rings. The van der Waals surface area contributed by atoms with Crippen molar-refractivity contribution in [2.45, 2.75) is 25.8 Å². The highest BCUT2D eigenvalue weighted by atomic mass is 16.5. The quantitative estimate of drug-likeness (QED) is 0.666. The molecule has 0 aromatic heterocycles. The number of hydrogen-bond donors (Lipinski definition) is 1. The van der Waals surface area contributed by atoms with Gasteiger partial charge in [0.05, 0.1) is 13.7 Å². The zero-order chi connectivity index (χ0) is 19.8. The summed E-state index contributed by atoms with van der Waals surface area (Å²) in [6.07, 6.45) is 3.18. The van der Waals surface area contributed by atoms with Gasteiger partial charge in [-0.25, -0.2) is 0 Å². The van der Waals surface area contributed by atoms with E-state index in [0.717, 1.165) is 12.8 Å². The predicted octanol–water partition coefficient (Wildman–Crippen LogP) is 2.27. The second-order valence-corrected chi connectivity index (χ2v) is 6.45. The molecule has 148 valence electrons. The van der Waals surface area contributed by atoms with Crippen LogP contribution in [0.1, 0.15) is 30.1 Å². The number of hydrogen-bond acceptors (Lipinski definition) is 5. The van der Waals surface area contributed by atoms with Crippen LogP contribution < -0.4 is 9.47 Å². The lowest BCUT2D eigenvalue weighted by molar-refractivity contribution is -0.139. The van der Waals surface area contributed by atoms with Gasteiger partial charge in [0.2, 0.25) is 0 Å². The Bertz CT molecular complexity index is 668. The first-order valence-corrected chi connectivity index (χ1v) is 9.17. The fourth-order valence-corrected chi connectivity index (χ4v) is 3.36. The summed E-state index contributed by atoms with van der Waals surface area (Å²) in [5, 5.41) is 9.03. The molecule has 0 spiro atoms. The Morgan fingerprint density at radius 2 is 2.04 bits per heavy atom. The van der Waals surface area contributed by atoms with Crippen LogP contribution in [0, 0.1) is 0 Å². The minimum absolute atomic E-state index is 0.0402. The van der Waals surface area contributed by atoms with Gasteiger partial charge in [0, 0.05) is 24.7 Å². The summed E-state index contributed by atoms with van der Waals surface area (Å²) in [4.78, 5) is 27.6. The van der Waals surface area contributed by atoms with Gasteiger partial charge in [-0.05, 0) is 37.6 Å². The number of likely N-dealkylation sites (tertiary alicyclic amines) is 1. The number of methoxy groups -OCH3 is 1. The first-order chi connectivity index (χ1) is 13.0. The van der Waals surface area contributed by atoms with Crippen LogP contribution in [0.5, 0.6) is 11.5 Å². The Morgan fingerprint density at radius 1 is 1.33 bits per heavy atom. The number of nitrogens with zero attached hydrogens (tertiary/aromatic N) is 2. The smallest absolute Gasteiger partial charge is 0.317 e. The lowest BCUT2D eigenvalue weighted by Crippen LogP contribution is -2.48. The second-order valence-electron chi connectivity index (χ2n) is 6.45. The van der Waals surface area contributed by atoms with Gasteiger partial charge in [-0.15, -0.1) is 0 Å². The van der Waals surface area contributed by atoms with Crippen LogP contribution in [-0.4, -0.2) is 72.7 Å². The van der Waals surface area contributed by atoms with E-state index in [4.69, 9.17) is 14.6 Å². The lowest BCUT2D eigenvalue weighted by Gasteiger charge is -2.37. The Kier molecular flexibility index (Phi) is 7.67. The van der Waals surface area contributed by atoms with Crippen LogP contribution >= 0.6 is 0 Å². The number of ether oxygens (including phenoxy) is 2. The monoisotopic (exact) mass is 376 g/mol. The fraction of sp³-hybridized carbons (Fsp3) is 0.500. The molecule has 27 heavy (non-hydrogen) atoms. The number of likely N-dealkylation sites (N-methyl/N-ethyl adjacent to an activating group) is 1. The Hall–Kier alpha value is -2.54. The molecule has 1 aliphatic heterocycles. The number of piperidine rings is 1. The standard InChI is InChI=1S/C20H28N2O5/c1-4-12-27-17-7-6-15(13-18(17)26-3)20(25)22-10-8-16(9-11-22)21(5-2)14-19(23)24/h4,6-7,13,16H,1,5,8-12,14H2,2-3H3,(H,23,24). The average molecular weight is 376 g/mol. The molecule has 1 heterocycles. The zero-order valence-corrected chi connectivity index (χ0v) is 16.0. The van der Waals surface area contributed by atoms with E-state index in [2.05, 4.69) is 6.58 Å². The highest BCUT2D eigenvalue weighted by Gasteiger charge is 2.28. The maximum atomic E-state index is 12.8. The first-order valence-electron chi connectivity index (χ1n) is 9.17. The van der Waals surface area contributed by atoms with Crippen molar-refractivity contribution >= 4 is 11.9 Å². The van der Waals surface area contributed by atoms with Gasteiger partial charge in [-0.2, -0.15) is 0 Å². The van der Waals surface area contributed by atoms with E-state index in [-0.39, 0.29) is 18.5 Å². The molecule has 0 saturated carbocycles. The van der Waals surface area contributed by atoms with Crippen molar-refractivity contribution in [2.24, 2.45) is 0 Å². The van der Waals surface area contributed by atoms with E-state index in [1.807, 2.05) is 16.7 Å². The maximum Gasteiger partial charge on any atom is 0.317 e. The van der Waals surface area contributed by atoms with E-state index < -0.39 is 5.97 Å². The van der Waals surface area contributed by atoms with Gasteiger partial charge in [0.15, 0.2) is 11.5 Å². The molecule has 1 aromatic rings. The molecule has 0 atom stereocenters. The average Bonchev–Trinajstić information content (AvgIpc) is 2.69. The van der Waals surface area contributed by atoms with E-state index in [9.17, 15) is 9.59 Å². The maximum absolute atomic E-state index is 12.8. The molecule has 1 aromatic carbocycles. The molecule has 2 rings (SSSR count). The normalized spacial score (nSPS) is 14.9. The van der Waals surface area contributed by atoms with E-state index in [0.29, 0.717) is 43.3 Å². The summed E-state index contributed by atoms with van der Waals surface area (Å²) in [5.74, 6) is 0.209. The topological polar surface area (TPSA) is 79.3 Å². The molecular formula is C20H28N2O5. The van der Waals surface area contributed by atoms with Gasteiger partial charge >= 0.3 is 5.97 Å². The van der Waals surface area contributed by atoms with Gasteiger partial charge < -0.3 is 19.5 Å². The van der Waals surface area contributed by atoms with Crippen LogP contribution in [0.4, 0.5) is 0 Å². The predicted molar refractivity (Wildman–Crippen MR) is 102 cm³/mol. The highest BCUT2D eigenvalue weighted by molar-refractivity contribution is 5.95. The molecule has 7 heteroatoms. The Balaban J connectivity index is 2.00. The summed E-state index contributed by atoms with van der Waals surface area (Å²) in [6.45, 7) is 7.88. The van der Waals surface area contributed by atoms with Crippen molar-refractivity contribution < 1.29 is 24.2 Å². The zero-order valence-electron chi connectivity index (χ0n) is 16.0. The molecule has 7 nitrogen and oxygen atoms in total. The second kappa shape index (κ2) is 9.97. The Labute approximate surface area is 160 Å². The molecule has 0 unspecified atom stereocenters. The van der Waals surface area contributed by atoms with Gasteiger partial charge in [0.25, 0.3) is 5.91 Å². The molecule has 1 N–H and O–H groups in total. The minimum Gasteiger partial charge on any atom is -0.493 e. The summed E-state index contributed by atoms with van der Waals surface area (Å²) in [6, 6.07) is 5.35. The number of benzene rings is 1. The molecule has 1 aliphatic rings. The third-order valence-corrected chi connectivity index (χ3v) is 4.78. The number of aliphatic carboxylic acids is 1. The van der Waals surface area contributed by atoms with Crippen LogP contribution in [-0.2, 0) is 4.79 Å². The van der Waals surface area contributed by atoms with Crippen molar-refractivity contribution in [3.63, 3.8) is 0 Å². The van der Waals surface area contributed by atoms with Crippen LogP contribution in [0.15, 0.2) is 30.9 Å². The first kappa shape index (κ1) is 20.8.